The molecule has 0 aromatic carbocycles. The maximum Gasteiger partial charge on any atom is 0.192 e. The Bertz CT molecular complexity index is 815. The molecule has 0 amide bonds. The van der Waals surface area contributed by atoms with Crippen molar-refractivity contribution < 1.29 is 5.11 Å². The van der Waals surface area contributed by atoms with Gasteiger partial charge in [0.15, 0.2) is 11.3 Å². The molecule has 3 aromatic rings. The highest BCUT2D eigenvalue weighted by atomic mass is 16.3. The third kappa shape index (κ3) is 2.66. The van der Waals surface area contributed by atoms with Crippen LogP contribution in [0.1, 0.15) is 6.42 Å². The molecular weight excluding hydrogens is 268 g/mol. The normalized spacial score (nSPS) is 10.9. The van der Waals surface area contributed by atoms with Crippen LogP contribution in [0.3, 0.4) is 0 Å². The molecule has 0 fully saturated rings. The first-order valence-corrected chi connectivity index (χ1v) is 6.67. The average Bonchev–Trinajstić information content (AvgIpc) is 2.55. The fourth-order valence-electron chi connectivity index (χ4n) is 2.15. The van der Waals surface area contributed by atoms with E-state index in [1.54, 1.807) is 24.8 Å². The van der Waals surface area contributed by atoms with Gasteiger partial charge in [-0.25, -0.2) is 9.97 Å². The number of hydrogen-bond donors (Lipinski definition) is 1. The number of aliphatic hydroxyl groups is 1. The predicted molar refractivity (Wildman–Crippen MR) is 78.7 cm³/mol. The largest absolute Gasteiger partial charge is 0.396 e. The molecule has 0 aliphatic heterocycles. The van der Waals surface area contributed by atoms with Gasteiger partial charge in [0.25, 0.3) is 0 Å². The molecule has 0 spiro atoms. The van der Waals surface area contributed by atoms with E-state index >= 15 is 0 Å². The summed E-state index contributed by atoms with van der Waals surface area (Å²) in [6, 6.07) is 5.13. The quantitative estimate of drug-likeness (QED) is 0.778. The Morgan fingerprint density at radius 3 is 2.76 bits per heavy atom. The van der Waals surface area contributed by atoms with Gasteiger partial charge in [-0.15, -0.1) is 0 Å². The van der Waals surface area contributed by atoms with Gasteiger partial charge in [-0.05, 0) is 18.6 Å². The monoisotopic (exact) mass is 282 g/mol. The molecule has 0 saturated carbocycles. The third-order valence-corrected chi connectivity index (χ3v) is 3.21. The SMILES string of the molecule is O=c1ccn(CCCO)c2nc(-c3ccncc3)ncc12. The van der Waals surface area contributed by atoms with Crippen molar-refractivity contribution in [1.82, 2.24) is 19.5 Å². The van der Waals surface area contributed by atoms with E-state index in [0.29, 0.717) is 29.8 Å². The lowest BCUT2D eigenvalue weighted by molar-refractivity contribution is 0.280. The maximum atomic E-state index is 11.9. The van der Waals surface area contributed by atoms with Gasteiger partial charge in [-0.3, -0.25) is 9.78 Å². The highest BCUT2D eigenvalue weighted by molar-refractivity contribution is 5.76. The molecule has 0 aliphatic rings. The molecular formula is C15H14N4O2. The fraction of sp³-hybridized carbons (Fsp3) is 0.200. The van der Waals surface area contributed by atoms with Gasteiger partial charge in [0.2, 0.25) is 0 Å². The van der Waals surface area contributed by atoms with Crippen LogP contribution >= 0.6 is 0 Å². The van der Waals surface area contributed by atoms with Crippen molar-refractivity contribution in [2.24, 2.45) is 0 Å². The summed E-state index contributed by atoms with van der Waals surface area (Å²) in [5, 5.41) is 9.45. The number of pyridine rings is 2. The van der Waals surface area contributed by atoms with Gasteiger partial charge >= 0.3 is 0 Å². The second-order valence-corrected chi connectivity index (χ2v) is 4.62. The molecule has 6 nitrogen and oxygen atoms in total. The van der Waals surface area contributed by atoms with Crippen molar-refractivity contribution in [2.75, 3.05) is 6.61 Å². The molecule has 1 N–H and O–H groups in total. The summed E-state index contributed by atoms with van der Waals surface area (Å²) in [6.07, 6.45) is 7.20. The van der Waals surface area contributed by atoms with E-state index in [0.717, 1.165) is 5.56 Å². The molecule has 3 aromatic heterocycles. The topological polar surface area (TPSA) is 80.9 Å². The lowest BCUT2D eigenvalue weighted by atomic mass is 10.2. The number of aryl methyl sites for hydroxylation is 1. The molecule has 3 rings (SSSR count). The lowest BCUT2D eigenvalue weighted by Crippen LogP contribution is -2.11. The van der Waals surface area contributed by atoms with Gasteiger partial charge in [0.05, 0.1) is 5.39 Å². The highest BCUT2D eigenvalue weighted by Crippen LogP contribution is 2.16. The van der Waals surface area contributed by atoms with E-state index in [1.807, 2.05) is 16.7 Å². The first-order valence-electron chi connectivity index (χ1n) is 6.67. The Morgan fingerprint density at radius 1 is 1.19 bits per heavy atom. The van der Waals surface area contributed by atoms with Crippen molar-refractivity contribution in [3.05, 3.63) is 53.2 Å². The van der Waals surface area contributed by atoms with Crippen LogP contribution in [-0.4, -0.2) is 31.2 Å². The van der Waals surface area contributed by atoms with Crippen molar-refractivity contribution >= 4 is 11.0 Å². The van der Waals surface area contributed by atoms with E-state index in [2.05, 4.69) is 15.0 Å². The smallest absolute Gasteiger partial charge is 0.192 e. The molecule has 0 radical (unpaired) electrons. The van der Waals surface area contributed by atoms with Gasteiger partial charge in [0.1, 0.15) is 5.65 Å². The van der Waals surface area contributed by atoms with E-state index in [9.17, 15) is 4.79 Å². The Labute approximate surface area is 120 Å². The zero-order valence-electron chi connectivity index (χ0n) is 11.3. The third-order valence-electron chi connectivity index (χ3n) is 3.21. The number of nitrogens with zero attached hydrogens (tertiary/aromatic N) is 4. The summed E-state index contributed by atoms with van der Waals surface area (Å²) in [5.41, 5.74) is 1.32. The summed E-state index contributed by atoms with van der Waals surface area (Å²) >= 11 is 0. The first kappa shape index (κ1) is 13.4. The van der Waals surface area contributed by atoms with Crippen LogP contribution in [0.25, 0.3) is 22.4 Å². The average molecular weight is 282 g/mol. The zero-order valence-corrected chi connectivity index (χ0v) is 11.3. The second-order valence-electron chi connectivity index (χ2n) is 4.62. The standard InChI is InChI=1S/C15H14N4O2/c20-9-1-7-19-8-4-13(21)12-10-17-14(18-15(12)19)11-2-5-16-6-3-11/h2-6,8,10,20H,1,7,9H2. The Morgan fingerprint density at radius 2 is 2.00 bits per heavy atom. The minimum Gasteiger partial charge on any atom is -0.396 e. The van der Waals surface area contributed by atoms with Gasteiger partial charge in [-0.1, -0.05) is 0 Å². The molecule has 0 bridgehead atoms. The van der Waals surface area contributed by atoms with Crippen molar-refractivity contribution in [2.45, 2.75) is 13.0 Å². The number of aromatic nitrogens is 4. The van der Waals surface area contributed by atoms with Crippen LogP contribution in [0.15, 0.2) is 47.8 Å². The molecule has 3 heterocycles. The number of fused-ring (bicyclic) bond motifs is 1. The Kier molecular flexibility index (Phi) is 3.70. The Hall–Kier alpha value is -2.60. The minimum atomic E-state index is -0.105. The van der Waals surface area contributed by atoms with Crippen molar-refractivity contribution in [3.8, 4) is 11.4 Å². The van der Waals surface area contributed by atoms with E-state index in [4.69, 9.17) is 5.11 Å². The van der Waals surface area contributed by atoms with Crippen molar-refractivity contribution in [1.29, 1.82) is 0 Å². The second kappa shape index (κ2) is 5.80. The van der Waals surface area contributed by atoms with Crippen molar-refractivity contribution in [3.63, 3.8) is 0 Å². The molecule has 21 heavy (non-hydrogen) atoms. The summed E-state index contributed by atoms with van der Waals surface area (Å²) in [6.45, 7) is 0.690. The number of rotatable bonds is 4. The number of hydrogen-bond acceptors (Lipinski definition) is 5. The molecule has 0 atom stereocenters. The van der Waals surface area contributed by atoms with Crippen LogP contribution in [0.5, 0.6) is 0 Å². The maximum absolute atomic E-state index is 11.9. The van der Waals surface area contributed by atoms with Crippen LogP contribution in [-0.2, 0) is 6.54 Å². The summed E-state index contributed by atoms with van der Waals surface area (Å²) in [4.78, 5) is 24.6. The zero-order chi connectivity index (χ0) is 14.7. The first-order chi connectivity index (χ1) is 10.3. The molecule has 0 saturated heterocycles. The van der Waals surface area contributed by atoms with Crippen LogP contribution in [0, 0.1) is 0 Å². The van der Waals surface area contributed by atoms with E-state index in [1.165, 1.54) is 6.07 Å². The lowest BCUT2D eigenvalue weighted by Gasteiger charge is -2.09. The summed E-state index contributed by atoms with van der Waals surface area (Å²) < 4.78 is 1.86. The van der Waals surface area contributed by atoms with E-state index < -0.39 is 0 Å². The van der Waals surface area contributed by atoms with E-state index in [-0.39, 0.29) is 12.0 Å². The van der Waals surface area contributed by atoms with Crippen LogP contribution in [0.4, 0.5) is 0 Å². The van der Waals surface area contributed by atoms with Gasteiger partial charge in [0, 0.05) is 49.6 Å². The van der Waals surface area contributed by atoms with Gasteiger partial charge in [-0.2, -0.15) is 0 Å². The molecule has 6 heteroatoms. The van der Waals surface area contributed by atoms with Crippen LogP contribution in [0.2, 0.25) is 0 Å². The predicted octanol–water partition coefficient (Wildman–Crippen LogP) is 1.24. The van der Waals surface area contributed by atoms with Crippen LogP contribution < -0.4 is 5.43 Å². The molecule has 0 aliphatic carbocycles. The fourth-order valence-corrected chi connectivity index (χ4v) is 2.15. The minimum absolute atomic E-state index is 0.0932. The molecule has 0 unspecified atom stereocenters. The summed E-state index contributed by atoms with van der Waals surface area (Å²) in [7, 11) is 0. The molecule has 106 valence electrons. The summed E-state index contributed by atoms with van der Waals surface area (Å²) in [5.74, 6) is 0.549. The Balaban J connectivity index is 2.17. The number of aliphatic hydroxyl groups excluding tert-OH is 1. The van der Waals surface area contributed by atoms with Gasteiger partial charge < -0.3 is 9.67 Å². The highest BCUT2D eigenvalue weighted by Gasteiger charge is 2.08.